The molecule has 2 rings (SSSR count). The van der Waals surface area contributed by atoms with Crippen LogP contribution in [0.2, 0.25) is 0 Å². The van der Waals surface area contributed by atoms with Crippen molar-refractivity contribution in [2.75, 3.05) is 5.32 Å². The van der Waals surface area contributed by atoms with E-state index in [1.165, 1.54) is 12.1 Å². The minimum absolute atomic E-state index is 0.0382. The Morgan fingerprint density at radius 2 is 1.71 bits per heavy atom. The van der Waals surface area contributed by atoms with Gasteiger partial charge in [-0.2, -0.15) is 13.2 Å². The van der Waals surface area contributed by atoms with E-state index in [4.69, 9.17) is 0 Å². The quantitative estimate of drug-likeness (QED) is 0.689. The van der Waals surface area contributed by atoms with E-state index in [0.717, 1.165) is 0 Å². The fraction of sp³-hybridized carbons (Fsp3) is 0.200. The van der Waals surface area contributed by atoms with Crippen molar-refractivity contribution in [1.82, 2.24) is 0 Å². The molecule has 0 radical (unpaired) electrons. The van der Waals surface area contributed by atoms with Gasteiger partial charge in [0.25, 0.3) is 0 Å². The number of halogens is 5. The minimum atomic E-state index is -4.35. The molecule has 0 aromatic heterocycles. The van der Waals surface area contributed by atoms with Crippen molar-refractivity contribution in [3.63, 3.8) is 0 Å². The highest BCUT2D eigenvalue weighted by molar-refractivity contribution is 9.10. The van der Waals surface area contributed by atoms with Crippen molar-refractivity contribution in [3.8, 4) is 0 Å². The van der Waals surface area contributed by atoms with Crippen LogP contribution in [0.1, 0.15) is 18.0 Å². The van der Waals surface area contributed by atoms with Crippen molar-refractivity contribution in [1.29, 1.82) is 0 Å². The molecule has 0 saturated heterocycles. The molecule has 2 aromatic rings. The van der Waals surface area contributed by atoms with Crippen molar-refractivity contribution >= 4 is 21.6 Å². The molecule has 0 spiro atoms. The lowest BCUT2D eigenvalue weighted by Crippen LogP contribution is -2.20. The molecule has 0 saturated carbocycles. The summed E-state index contributed by atoms with van der Waals surface area (Å²) in [6.07, 6.45) is -5.42. The first-order valence-corrected chi connectivity index (χ1v) is 6.98. The molecule has 0 bridgehead atoms. The molecular formula is C15H12BrF4N. The van der Waals surface area contributed by atoms with Gasteiger partial charge in [-0.15, -0.1) is 0 Å². The molecule has 1 nitrogen and oxygen atoms in total. The number of nitrogens with one attached hydrogen (secondary N) is 1. The number of hydrogen-bond acceptors (Lipinski definition) is 1. The normalized spacial score (nSPS) is 13.0. The summed E-state index contributed by atoms with van der Waals surface area (Å²) in [4.78, 5) is 0. The zero-order valence-electron chi connectivity index (χ0n) is 10.8. The van der Waals surface area contributed by atoms with E-state index in [9.17, 15) is 17.6 Å². The fourth-order valence-corrected chi connectivity index (χ4v) is 2.30. The van der Waals surface area contributed by atoms with Crippen LogP contribution in [-0.4, -0.2) is 6.18 Å². The van der Waals surface area contributed by atoms with Gasteiger partial charge in [0.2, 0.25) is 0 Å². The number of hydrogen-bond donors (Lipinski definition) is 1. The highest BCUT2D eigenvalue weighted by Crippen LogP contribution is 2.33. The maximum Gasteiger partial charge on any atom is 0.391 e. The highest BCUT2D eigenvalue weighted by Gasteiger charge is 2.33. The van der Waals surface area contributed by atoms with Gasteiger partial charge in [0.1, 0.15) is 5.82 Å². The molecule has 1 unspecified atom stereocenters. The zero-order valence-corrected chi connectivity index (χ0v) is 12.4. The first-order chi connectivity index (χ1) is 9.85. The third-order valence-electron chi connectivity index (χ3n) is 2.90. The molecule has 0 aliphatic heterocycles. The van der Waals surface area contributed by atoms with Crippen molar-refractivity contribution in [3.05, 3.63) is 64.4 Å². The predicted molar refractivity (Wildman–Crippen MR) is 77.6 cm³/mol. The molecule has 21 heavy (non-hydrogen) atoms. The van der Waals surface area contributed by atoms with E-state index in [1.807, 2.05) is 0 Å². The van der Waals surface area contributed by atoms with E-state index in [2.05, 4.69) is 21.2 Å². The van der Waals surface area contributed by atoms with E-state index >= 15 is 0 Å². The standard InChI is InChI=1S/C15H12BrF4N/c16-11-6-7-13(12(17)8-11)21-14(9-15(18,19)20)10-4-2-1-3-5-10/h1-8,14,21H,9H2. The van der Waals surface area contributed by atoms with Gasteiger partial charge in [0, 0.05) is 4.47 Å². The lowest BCUT2D eigenvalue weighted by atomic mass is 10.0. The van der Waals surface area contributed by atoms with Crippen LogP contribution in [0.3, 0.4) is 0 Å². The smallest absolute Gasteiger partial charge is 0.376 e. The highest BCUT2D eigenvalue weighted by atomic mass is 79.9. The van der Waals surface area contributed by atoms with Crippen LogP contribution in [0.25, 0.3) is 0 Å². The third-order valence-corrected chi connectivity index (χ3v) is 3.39. The van der Waals surface area contributed by atoms with Crippen LogP contribution in [0.4, 0.5) is 23.2 Å². The molecule has 6 heteroatoms. The van der Waals surface area contributed by atoms with E-state index in [-0.39, 0.29) is 5.69 Å². The van der Waals surface area contributed by atoms with Gasteiger partial charge >= 0.3 is 6.18 Å². The number of alkyl halides is 3. The number of anilines is 1. The van der Waals surface area contributed by atoms with E-state index in [0.29, 0.717) is 10.0 Å². The van der Waals surface area contributed by atoms with Gasteiger partial charge in [0.15, 0.2) is 0 Å². The van der Waals surface area contributed by atoms with E-state index in [1.54, 1.807) is 36.4 Å². The van der Waals surface area contributed by atoms with Crippen LogP contribution < -0.4 is 5.32 Å². The fourth-order valence-electron chi connectivity index (χ4n) is 1.96. The lowest BCUT2D eigenvalue weighted by Gasteiger charge is -2.22. The van der Waals surface area contributed by atoms with Crippen LogP contribution >= 0.6 is 15.9 Å². The predicted octanol–water partition coefficient (Wildman–Crippen LogP) is 5.69. The van der Waals surface area contributed by atoms with Crippen LogP contribution in [0.15, 0.2) is 53.0 Å². The first-order valence-electron chi connectivity index (χ1n) is 6.18. The van der Waals surface area contributed by atoms with Crippen LogP contribution in [0, 0.1) is 5.82 Å². The monoisotopic (exact) mass is 361 g/mol. The van der Waals surface area contributed by atoms with Gasteiger partial charge < -0.3 is 5.32 Å². The summed E-state index contributed by atoms with van der Waals surface area (Å²) in [6, 6.07) is 11.3. The van der Waals surface area contributed by atoms with Gasteiger partial charge in [-0.05, 0) is 23.8 Å². The van der Waals surface area contributed by atoms with Gasteiger partial charge in [-0.1, -0.05) is 46.3 Å². The Bertz CT molecular complexity index is 598. The molecule has 0 amide bonds. The van der Waals surface area contributed by atoms with Crippen molar-refractivity contribution in [2.24, 2.45) is 0 Å². The summed E-state index contributed by atoms with van der Waals surface area (Å²) in [5.41, 5.74) is 0.494. The SMILES string of the molecule is Fc1cc(Br)ccc1NC(CC(F)(F)F)c1ccccc1. The Kier molecular flexibility index (Phi) is 4.88. The summed E-state index contributed by atoms with van der Waals surface area (Å²) < 4.78 is 52.5. The van der Waals surface area contributed by atoms with Crippen molar-refractivity contribution in [2.45, 2.75) is 18.6 Å². The largest absolute Gasteiger partial charge is 0.391 e. The lowest BCUT2D eigenvalue weighted by molar-refractivity contribution is -0.137. The Labute approximate surface area is 128 Å². The summed E-state index contributed by atoms with van der Waals surface area (Å²) in [7, 11) is 0. The summed E-state index contributed by atoms with van der Waals surface area (Å²) in [5, 5.41) is 2.63. The molecule has 2 aromatic carbocycles. The van der Waals surface area contributed by atoms with Gasteiger partial charge in [0.05, 0.1) is 18.2 Å². The molecule has 0 aliphatic carbocycles. The Balaban J connectivity index is 2.28. The molecule has 1 N–H and O–H groups in total. The zero-order chi connectivity index (χ0) is 15.5. The number of rotatable bonds is 4. The Morgan fingerprint density at radius 3 is 2.29 bits per heavy atom. The summed E-state index contributed by atoms with van der Waals surface area (Å²) >= 11 is 3.11. The summed E-state index contributed by atoms with van der Waals surface area (Å²) in [6.45, 7) is 0. The second-order valence-corrected chi connectivity index (χ2v) is 5.47. The molecule has 0 heterocycles. The topological polar surface area (TPSA) is 12.0 Å². The first kappa shape index (κ1) is 15.8. The molecule has 0 aliphatic rings. The van der Waals surface area contributed by atoms with Gasteiger partial charge in [-0.3, -0.25) is 0 Å². The summed E-state index contributed by atoms with van der Waals surface area (Å²) in [5.74, 6) is -0.604. The maximum absolute atomic E-state index is 13.8. The third kappa shape index (κ3) is 4.74. The average Bonchev–Trinajstić information content (AvgIpc) is 2.40. The van der Waals surface area contributed by atoms with E-state index < -0.39 is 24.5 Å². The van der Waals surface area contributed by atoms with Crippen LogP contribution in [-0.2, 0) is 0 Å². The van der Waals surface area contributed by atoms with Crippen LogP contribution in [0.5, 0.6) is 0 Å². The second kappa shape index (κ2) is 6.47. The number of benzene rings is 2. The Hall–Kier alpha value is -1.56. The molecule has 0 fully saturated rings. The van der Waals surface area contributed by atoms with Crippen molar-refractivity contribution < 1.29 is 17.6 Å². The van der Waals surface area contributed by atoms with Gasteiger partial charge in [-0.25, -0.2) is 4.39 Å². The molecule has 1 atom stereocenters. The second-order valence-electron chi connectivity index (χ2n) is 4.55. The molecule has 112 valence electrons. The average molecular weight is 362 g/mol. The minimum Gasteiger partial charge on any atom is -0.376 e. The maximum atomic E-state index is 13.8. The Morgan fingerprint density at radius 1 is 1.05 bits per heavy atom. The molecular weight excluding hydrogens is 350 g/mol.